The van der Waals surface area contributed by atoms with Gasteiger partial charge in [0.05, 0.1) is 12.7 Å². The third kappa shape index (κ3) is 3.44. The van der Waals surface area contributed by atoms with E-state index in [2.05, 4.69) is 17.1 Å². The van der Waals surface area contributed by atoms with Gasteiger partial charge in [-0.05, 0) is 44.8 Å². The number of likely N-dealkylation sites (tertiary alicyclic amines) is 1. The second kappa shape index (κ2) is 5.83. The smallest absolute Gasteiger partial charge is 0.0726 e. The Morgan fingerprint density at radius 1 is 1.33 bits per heavy atom. The van der Waals surface area contributed by atoms with Crippen molar-refractivity contribution in [3.05, 3.63) is 0 Å². The maximum Gasteiger partial charge on any atom is 0.0726 e. The molecule has 0 aromatic carbocycles. The summed E-state index contributed by atoms with van der Waals surface area (Å²) in [6.45, 7) is 9.11. The quantitative estimate of drug-likeness (QED) is 0.755. The van der Waals surface area contributed by atoms with Crippen LogP contribution in [-0.4, -0.2) is 50.3 Å². The zero-order valence-corrected chi connectivity index (χ0v) is 9.87. The van der Waals surface area contributed by atoms with Crippen LogP contribution in [0.4, 0.5) is 0 Å². The highest BCUT2D eigenvalue weighted by atomic mass is 16.5. The second-order valence-electron chi connectivity index (χ2n) is 4.93. The number of hydrogen-bond acceptors (Lipinski definition) is 3. The minimum absolute atomic E-state index is 0.446. The number of hydrogen-bond donors (Lipinski definition) is 1. The molecule has 88 valence electrons. The molecule has 2 aliphatic rings. The first-order chi connectivity index (χ1) is 7.36. The van der Waals surface area contributed by atoms with Crippen molar-refractivity contribution in [3.8, 4) is 0 Å². The van der Waals surface area contributed by atoms with E-state index in [0.29, 0.717) is 6.10 Å². The second-order valence-corrected chi connectivity index (χ2v) is 4.93. The van der Waals surface area contributed by atoms with Crippen molar-refractivity contribution < 1.29 is 4.74 Å². The van der Waals surface area contributed by atoms with E-state index in [9.17, 15) is 0 Å². The van der Waals surface area contributed by atoms with Crippen LogP contribution in [0.25, 0.3) is 0 Å². The molecule has 0 bridgehead atoms. The van der Waals surface area contributed by atoms with Gasteiger partial charge >= 0.3 is 0 Å². The highest BCUT2D eigenvalue weighted by Gasteiger charge is 2.21. The van der Waals surface area contributed by atoms with Crippen LogP contribution in [0.3, 0.4) is 0 Å². The fraction of sp³-hybridized carbons (Fsp3) is 1.00. The van der Waals surface area contributed by atoms with Gasteiger partial charge in [0.15, 0.2) is 0 Å². The maximum absolute atomic E-state index is 5.95. The molecule has 2 unspecified atom stereocenters. The lowest BCUT2D eigenvalue weighted by molar-refractivity contribution is -0.00344. The summed E-state index contributed by atoms with van der Waals surface area (Å²) in [7, 11) is 0. The Kier molecular flexibility index (Phi) is 4.42. The van der Waals surface area contributed by atoms with Crippen LogP contribution in [0.2, 0.25) is 0 Å². The van der Waals surface area contributed by atoms with Crippen LogP contribution >= 0.6 is 0 Å². The van der Waals surface area contributed by atoms with Crippen LogP contribution in [0, 0.1) is 5.92 Å². The lowest BCUT2D eigenvalue weighted by Crippen LogP contribution is -2.42. The zero-order chi connectivity index (χ0) is 10.5. The van der Waals surface area contributed by atoms with Gasteiger partial charge in [-0.2, -0.15) is 0 Å². The van der Waals surface area contributed by atoms with Gasteiger partial charge in [-0.15, -0.1) is 0 Å². The Bertz CT molecular complexity index is 180. The first-order valence-electron chi connectivity index (χ1n) is 6.41. The van der Waals surface area contributed by atoms with Crippen molar-refractivity contribution >= 4 is 0 Å². The summed E-state index contributed by atoms with van der Waals surface area (Å²) in [6, 6.07) is 0. The molecule has 0 spiro atoms. The van der Waals surface area contributed by atoms with Crippen molar-refractivity contribution in [1.29, 1.82) is 0 Å². The van der Waals surface area contributed by atoms with Gasteiger partial charge in [0.2, 0.25) is 0 Å². The normalized spacial score (nSPS) is 33.4. The van der Waals surface area contributed by atoms with Crippen LogP contribution in [-0.2, 0) is 4.74 Å². The van der Waals surface area contributed by atoms with Gasteiger partial charge in [0.25, 0.3) is 0 Å². The topological polar surface area (TPSA) is 24.5 Å². The van der Waals surface area contributed by atoms with Gasteiger partial charge in [-0.1, -0.05) is 6.92 Å². The van der Waals surface area contributed by atoms with Crippen LogP contribution in [0.5, 0.6) is 0 Å². The lowest BCUT2D eigenvalue weighted by atomic mass is 9.97. The van der Waals surface area contributed by atoms with E-state index in [-0.39, 0.29) is 0 Å². The number of piperidine rings is 1. The monoisotopic (exact) mass is 212 g/mol. The van der Waals surface area contributed by atoms with Crippen molar-refractivity contribution in [3.63, 3.8) is 0 Å². The Balaban J connectivity index is 1.59. The number of rotatable bonds is 4. The molecule has 0 aromatic heterocycles. The Hall–Kier alpha value is -0.120. The average molecular weight is 212 g/mol. The summed E-state index contributed by atoms with van der Waals surface area (Å²) in [6.07, 6.45) is 4.46. The molecule has 0 amide bonds. The Labute approximate surface area is 93.2 Å². The molecule has 1 N–H and O–H groups in total. The zero-order valence-electron chi connectivity index (χ0n) is 9.87. The molecule has 0 saturated carbocycles. The molecule has 0 aliphatic carbocycles. The fourth-order valence-electron chi connectivity index (χ4n) is 2.52. The van der Waals surface area contributed by atoms with E-state index >= 15 is 0 Å². The number of nitrogens with one attached hydrogen (secondary N) is 1. The molecule has 2 rings (SSSR count). The molecule has 3 nitrogen and oxygen atoms in total. The highest BCUT2D eigenvalue weighted by molar-refractivity contribution is 4.76. The predicted octanol–water partition coefficient (Wildman–Crippen LogP) is 1.10. The lowest BCUT2D eigenvalue weighted by Gasteiger charge is -2.30. The maximum atomic E-state index is 5.95. The van der Waals surface area contributed by atoms with Gasteiger partial charge in [0, 0.05) is 13.1 Å². The largest absolute Gasteiger partial charge is 0.375 e. The van der Waals surface area contributed by atoms with Gasteiger partial charge in [-0.3, -0.25) is 0 Å². The van der Waals surface area contributed by atoms with E-state index in [1.807, 2.05) is 0 Å². The molecule has 0 radical (unpaired) electrons. The first-order valence-corrected chi connectivity index (χ1v) is 6.41. The third-order valence-electron chi connectivity index (χ3n) is 3.69. The van der Waals surface area contributed by atoms with Crippen molar-refractivity contribution in [1.82, 2.24) is 10.2 Å². The number of nitrogens with zero attached hydrogens (tertiary/aromatic N) is 1. The van der Waals surface area contributed by atoms with Gasteiger partial charge in [-0.25, -0.2) is 0 Å². The molecular weight excluding hydrogens is 188 g/mol. The minimum atomic E-state index is 0.446. The molecule has 2 atom stereocenters. The molecule has 2 heterocycles. The molecule has 0 aromatic rings. The summed E-state index contributed by atoms with van der Waals surface area (Å²) in [4.78, 5) is 2.51. The van der Waals surface area contributed by atoms with Crippen LogP contribution < -0.4 is 5.32 Å². The predicted molar refractivity (Wildman–Crippen MR) is 62.1 cm³/mol. The molecule has 2 saturated heterocycles. The van der Waals surface area contributed by atoms with Crippen LogP contribution in [0.15, 0.2) is 0 Å². The fourth-order valence-corrected chi connectivity index (χ4v) is 2.52. The standard InChI is InChI=1S/C12H24N2O/c1-11-4-5-13-10-12(11)15-9-8-14-6-2-3-7-14/h11-13H,2-10H2,1H3. The Morgan fingerprint density at radius 3 is 2.87 bits per heavy atom. The van der Waals surface area contributed by atoms with E-state index in [1.54, 1.807) is 0 Å². The molecular formula is C12H24N2O. The molecule has 2 fully saturated rings. The summed E-state index contributed by atoms with van der Waals surface area (Å²) in [5.41, 5.74) is 0. The average Bonchev–Trinajstić information content (AvgIpc) is 2.74. The van der Waals surface area contributed by atoms with Gasteiger partial charge < -0.3 is 15.0 Å². The molecule has 3 heteroatoms. The van der Waals surface area contributed by atoms with Crippen molar-refractivity contribution in [2.75, 3.05) is 39.3 Å². The SMILES string of the molecule is CC1CCNCC1OCCN1CCCC1. The van der Waals surface area contributed by atoms with E-state index in [4.69, 9.17) is 4.74 Å². The first kappa shape index (κ1) is 11.4. The van der Waals surface area contributed by atoms with Crippen LogP contribution in [0.1, 0.15) is 26.2 Å². The van der Waals surface area contributed by atoms with E-state index < -0.39 is 0 Å². The molecule has 15 heavy (non-hydrogen) atoms. The Morgan fingerprint density at radius 2 is 2.13 bits per heavy atom. The highest BCUT2D eigenvalue weighted by Crippen LogP contribution is 2.15. The third-order valence-corrected chi connectivity index (χ3v) is 3.69. The number of ether oxygens (including phenoxy) is 1. The van der Waals surface area contributed by atoms with E-state index in [1.165, 1.54) is 32.4 Å². The van der Waals surface area contributed by atoms with E-state index in [0.717, 1.165) is 32.2 Å². The summed E-state index contributed by atoms with van der Waals surface area (Å²) >= 11 is 0. The summed E-state index contributed by atoms with van der Waals surface area (Å²) < 4.78 is 5.95. The van der Waals surface area contributed by atoms with Gasteiger partial charge in [0.1, 0.15) is 0 Å². The van der Waals surface area contributed by atoms with Crippen molar-refractivity contribution in [2.24, 2.45) is 5.92 Å². The minimum Gasteiger partial charge on any atom is -0.375 e. The summed E-state index contributed by atoms with van der Waals surface area (Å²) in [5.74, 6) is 0.727. The van der Waals surface area contributed by atoms with Crippen molar-refractivity contribution in [2.45, 2.75) is 32.3 Å². The molecule has 2 aliphatic heterocycles. The summed E-state index contributed by atoms with van der Waals surface area (Å²) in [5, 5.41) is 3.41.